The van der Waals surface area contributed by atoms with Crippen molar-refractivity contribution in [3.8, 4) is 11.8 Å². The zero-order valence-corrected chi connectivity index (χ0v) is 12.2. The highest BCUT2D eigenvalue weighted by Gasteiger charge is 2.21. The Morgan fingerprint density at radius 1 is 1.39 bits per heavy atom. The highest BCUT2D eigenvalue weighted by Crippen LogP contribution is 2.19. The average Bonchev–Trinajstić information content (AvgIpc) is 2.73. The third-order valence-electron chi connectivity index (χ3n) is 2.27. The van der Waals surface area contributed by atoms with Gasteiger partial charge in [-0.05, 0) is 11.4 Å². The van der Waals surface area contributed by atoms with Gasteiger partial charge in [-0.2, -0.15) is 17.0 Å². The van der Waals surface area contributed by atoms with E-state index in [1.54, 1.807) is 0 Å². The molecule has 0 fully saturated rings. The molecular formula is C11H16N2O3S2. The second-order valence-corrected chi connectivity index (χ2v) is 7.01. The molecule has 0 aromatic carbocycles. The second-order valence-electron chi connectivity index (χ2n) is 3.76. The summed E-state index contributed by atoms with van der Waals surface area (Å²) >= 11 is 1.45. The molecule has 0 saturated heterocycles. The van der Waals surface area contributed by atoms with E-state index in [4.69, 9.17) is 5.11 Å². The summed E-state index contributed by atoms with van der Waals surface area (Å²) in [4.78, 5) is 0.865. The van der Waals surface area contributed by atoms with Crippen LogP contribution in [0.1, 0.15) is 10.4 Å². The van der Waals surface area contributed by atoms with Crippen LogP contribution in [0.2, 0.25) is 0 Å². The smallest absolute Gasteiger partial charge is 0.281 e. The highest BCUT2D eigenvalue weighted by molar-refractivity contribution is 7.86. The van der Waals surface area contributed by atoms with Crippen LogP contribution in [0.4, 0.5) is 0 Å². The van der Waals surface area contributed by atoms with Gasteiger partial charge in [0.2, 0.25) is 0 Å². The molecule has 1 heterocycles. The molecule has 0 radical (unpaired) electrons. The summed E-state index contributed by atoms with van der Waals surface area (Å²) in [5, 5.41) is 10.5. The number of thiophene rings is 1. The predicted octanol–water partition coefficient (Wildman–Crippen LogP) is 0.330. The number of aliphatic hydroxyl groups is 1. The van der Waals surface area contributed by atoms with Crippen molar-refractivity contribution < 1.29 is 13.5 Å². The zero-order chi connectivity index (χ0) is 13.8. The third-order valence-corrected chi connectivity index (χ3v) is 5.01. The summed E-state index contributed by atoms with van der Waals surface area (Å²) in [6.07, 6.45) is 0. The van der Waals surface area contributed by atoms with E-state index in [2.05, 4.69) is 11.8 Å². The third kappa shape index (κ3) is 3.54. The van der Waals surface area contributed by atoms with Gasteiger partial charge < -0.3 is 5.11 Å². The van der Waals surface area contributed by atoms with Gasteiger partial charge in [0.05, 0.1) is 6.54 Å². The van der Waals surface area contributed by atoms with Crippen molar-refractivity contribution in [2.24, 2.45) is 0 Å². The van der Waals surface area contributed by atoms with Gasteiger partial charge in [0.1, 0.15) is 6.61 Å². The Balaban J connectivity index is 2.89. The van der Waals surface area contributed by atoms with Crippen LogP contribution >= 0.6 is 11.3 Å². The molecular weight excluding hydrogens is 272 g/mol. The van der Waals surface area contributed by atoms with E-state index in [-0.39, 0.29) is 13.2 Å². The van der Waals surface area contributed by atoms with E-state index >= 15 is 0 Å². The number of hydrogen-bond donors (Lipinski definition) is 1. The van der Waals surface area contributed by atoms with Gasteiger partial charge in [-0.3, -0.25) is 0 Å². The van der Waals surface area contributed by atoms with Gasteiger partial charge in [-0.15, -0.1) is 11.3 Å². The molecule has 0 amide bonds. The SMILES string of the molecule is CN(C)S(=O)(=O)N(C)Cc1sccc1C#CCO. The Morgan fingerprint density at radius 3 is 2.61 bits per heavy atom. The minimum absolute atomic E-state index is 0.207. The van der Waals surface area contributed by atoms with Gasteiger partial charge >= 0.3 is 0 Å². The van der Waals surface area contributed by atoms with E-state index < -0.39 is 10.2 Å². The molecule has 0 aliphatic rings. The van der Waals surface area contributed by atoms with Crippen LogP contribution in [0.25, 0.3) is 0 Å². The van der Waals surface area contributed by atoms with E-state index in [1.165, 1.54) is 41.1 Å². The van der Waals surface area contributed by atoms with Gasteiger partial charge in [0.25, 0.3) is 10.2 Å². The molecule has 1 rings (SSSR count). The molecule has 0 aliphatic carbocycles. The van der Waals surface area contributed by atoms with Gasteiger partial charge in [-0.25, -0.2) is 0 Å². The Kier molecular flexibility index (Phi) is 5.31. The summed E-state index contributed by atoms with van der Waals surface area (Å²) in [7, 11) is 1.10. The number of hydrogen-bond acceptors (Lipinski definition) is 4. The van der Waals surface area contributed by atoms with Crippen molar-refractivity contribution in [3.05, 3.63) is 21.9 Å². The molecule has 0 spiro atoms. The van der Waals surface area contributed by atoms with Crippen molar-refractivity contribution in [1.29, 1.82) is 0 Å². The summed E-state index contributed by atoms with van der Waals surface area (Å²) in [6.45, 7) is 0.0642. The highest BCUT2D eigenvalue weighted by atomic mass is 32.2. The zero-order valence-electron chi connectivity index (χ0n) is 10.5. The lowest BCUT2D eigenvalue weighted by molar-refractivity contribution is 0.350. The van der Waals surface area contributed by atoms with Gasteiger partial charge in [0.15, 0.2) is 0 Å². The van der Waals surface area contributed by atoms with E-state index in [9.17, 15) is 8.42 Å². The Morgan fingerprint density at radius 2 is 2.06 bits per heavy atom. The summed E-state index contributed by atoms with van der Waals surface area (Å²) in [6, 6.07) is 1.82. The Labute approximate surface area is 112 Å². The maximum atomic E-state index is 11.9. The van der Waals surface area contributed by atoms with Crippen LogP contribution in [0.5, 0.6) is 0 Å². The molecule has 1 N–H and O–H groups in total. The summed E-state index contributed by atoms with van der Waals surface area (Å²) < 4.78 is 26.2. The molecule has 5 nitrogen and oxygen atoms in total. The molecule has 1 aromatic rings. The van der Waals surface area contributed by atoms with Crippen molar-refractivity contribution in [2.45, 2.75) is 6.54 Å². The number of aliphatic hydroxyl groups excluding tert-OH is 1. The van der Waals surface area contributed by atoms with Gasteiger partial charge in [-0.1, -0.05) is 11.8 Å². The first-order valence-electron chi connectivity index (χ1n) is 5.19. The molecule has 0 saturated carbocycles. The van der Waals surface area contributed by atoms with Crippen LogP contribution < -0.4 is 0 Å². The Hall–Kier alpha value is -0.910. The topological polar surface area (TPSA) is 60.9 Å². The number of nitrogens with zero attached hydrogens (tertiary/aromatic N) is 2. The molecule has 1 aromatic heterocycles. The first-order chi connectivity index (χ1) is 8.39. The molecule has 0 unspecified atom stereocenters. The molecule has 0 bridgehead atoms. The van der Waals surface area contributed by atoms with Crippen molar-refractivity contribution >= 4 is 21.5 Å². The fourth-order valence-electron chi connectivity index (χ4n) is 1.27. The lowest BCUT2D eigenvalue weighted by Gasteiger charge is -2.20. The fourth-order valence-corrected chi connectivity index (χ4v) is 3.09. The second kappa shape index (κ2) is 6.31. The van der Waals surface area contributed by atoms with Crippen molar-refractivity contribution in [3.63, 3.8) is 0 Å². The maximum Gasteiger partial charge on any atom is 0.281 e. The lowest BCUT2D eigenvalue weighted by atomic mass is 10.2. The fraction of sp³-hybridized carbons (Fsp3) is 0.455. The number of rotatable bonds is 4. The summed E-state index contributed by atoms with van der Waals surface area (Å²) in [5.74, 6) is 5.36. The molecule has 100 valence electrons. The quantitative estimate of drug-likeness (QED) is 0.812. The Bertz CT molecular complexity index is 552. The van der Waals surface area contributed by atoms with Crippen LogP contribution in [0.3, 0.4) is 0 Å². The summed E-state index contributed by atoms with van der Waals surface area (Å²) in [5.41, 5.74) is 0.759. The molecule has 7 heteroatoms. The van der Waals surface area contributed by atoms with E-state index in [1.807, 2.05) is 11.4 Å². The molecule has 0 aliphatic heterocycles. The maximum absolute atomic E-state index is 11.9. The lowest BCUT2D eigenvalue weighted by Crippen LogP contribution is -2.36. The minimum atomic E-state index is -3.41. The largest absolute Gasteiger partial charge is 0.384 e. The van der Waals surface area contributed by atoms with Gasteiger partial charge in [0, 0.05) is 31.6 Å². The van der Waals surface area contributed by atoms with E-state index in [0.29, 0.717) is 0 Å². The van der Waals surface area contributed by atoms with Crippen molar-refractivity contribution in [2.75, 3.05) is 27.7 Å². The average molecular weight is 288 g/mol. The van der Waals surface area contributed by atoms with Crippen LogP contribution in [0.15, 0.2) is 11.4 Å². The van der Waals surface area contributed by atoms with Crippen molar-refractivity contribution in [1.82, 2.24) is 8.61 Å². The first kappa shape index (κ1) is 15.1. The van der Waals surface area contributed by atoms with Crippen LogP contribution in [0, 0.1) is 11.8 Å². The first-order valence-corrected chi connectivity index (χ1v) is 7.47. The predicted molar refractivity (Wildman–Crippen MR) is 72.4 cm³/mol. The van der Waals surface area contributed by atoms with Crippen LogP contribution in [-0.2, 0) is 16.8 Å². The standard InChI is InChI=1S/C11H16N2O3S2/c1-12(2)18(15,16)13(3)9-11-10(5-4-7-14)6-8-17-11/h6,8,14H,7,9H2,1-3H3. The molecule has 0 atom stereocenters. The monoisotopic (exact) mass is 288 g/mol. The van der Waals surface area contributed by atoms with Crippen LogP contribution in [-0.4, -0.2) is 49.9 Å². The minimum Gasteiger partial charge on any atom is -0.384 e. The van der Waals surface area contributed by atoms with E-state index in [0.717, 1.165) is 10.4 Å². The molecule has 18 heavy (non-hydrogen) atoms. The normalized spacial score (nSPS) is 11.7.